The quantitative estimate of drug-likeness (QED) is 0.826. The molecule has 0 spiro atoms. The Morgan fingerprint density at radius 3 is 2.53 bits per heavy atom. The molecule has 1 aromatic carbocycles. The topological polar surface area (TPSA) is 32.9 Å². The van der Waals surface area contributed by atoms with Crippen molar-refractivity contribution in [2.45, 2.75) is 24.3 Å². The number of rotatable bonds is 3. The number of thiol groups is 1. The Bertz CT molecular complexity index is 583. The van der Waals surface area contributed by atoms with Crippen LogP contribution in [0.3, 0.4) is 0 Å². The number of aromatic nitrogens is 1. The van der Waals surface area contributed by atoms with Crippen molar-refractivity contribution in [3.05, 3.63) is 36.0 Å². The maximum absolute atomic E-state index is 12.3. The monoisotopic (exact) mass is 287 g/mol. The summed E-state index contributed by atoms with van der Waals surface area (Å²) in [6.45, 7) is 1.49. The van der Waals surface area contributed by atoms with Gasteiger partial charge in [-0.2, -0.15) is 25.8 Å². The van der Waals surface area contributed by atoms with Crippen molar-refractivity contribution in [2.24, 2.45) is 0 Å². The van der Waals surface area contributed by atoms with Gasteiger partial charge in [-0.1, -0.05) is 18.2 Å². The van der Waals surface area contributed by atoms with E-state index in [1.165, 1.54) is 6.92 Å². The average Bonchev–Trinajstić information content (AvgIpc) is 2.71. The summed E-state index contributed by atoms with van der Waals surface area (Å²) in [7, 11) is 0. The van der Waals surface area contributed by atoms with E-state index in [2.05, 4.69) is 17.6 Å². The van der Waals surface area contributed by atoms with Gasteiger partial charge < -0.3 is 4.98 Å². The van der Waals surface area contributed by atoms with E-state index in [1.807, 2.05) is 24.3 Å². The van der Waals surface area contributed by atoms with Crippen LogP contribution in [0.5, 0.6) is 0 Å². The number of aromatic amines is 1. The zero-order valence-electron chi connectivity index (χ0n) is 10.1. The lowest BCUT2D eigenvalue weighted by Crippen LogP contribution is -2.29. The van der Waals surface area contributed by atoms with Crippen LogP contribution in [-0.2, 0) is 9.54 Å². The van der Waals surface area contributed by atoms with Crippen molar-refractivity contribution in [1.29, 1.82) is 0 Å². The molecule has 0 aliphatic heterocycles. The minimum absolute atomic E-state index is 0.495. The summed E-state index contributed by atoms with van der Waals surface area (Å²) >= 11 is 4.21. The minimum Gasteiger partial charge on any atom is -0.357 e. The lowest BCUT2D eigenvalue weighted by Gasteiger charge is -2.22. The highest BCUT2D eigenvalue weighted by atomic mass is 32.1. The predicted octanol–water partition coefficient (Wildman–Crippen LogP) is 3.83. The molecule has 1 N–H and O–H groups in total. The van der Waals surface area contributed by atoms with Crippen LogP contribution in [0.25, 0.3) is 10.9 Å². The molecule has 1 heterocycles. The Morgan fingerprint density at radius 1 is 1.32 bits per heavy atom. The van der Waals surface area contributed by atoms with Gasteiger partial charge in [-0.15, -0.1) is 0 Å². The molecule has 0 fully saturated rings. The first-order chi connectivity index (χ1) is 8.70. The third kappa shape index (κ3) is 2.94. The van der Waals surface area contributed by atoms with Gasteiger partial charge in [0.2, 0.25) is 5.78 Å². The van der Waals surface area contributed by atoms with E-state index < -0.39 is 23.1 Å². The summed E-state index contributed by atoms with van der Waals surface area (Å²) in [5.74, 6) is -1.77. The van der Waals surface area contributed by atoms with Crippen LogP contribution >= 0.6 is 12.6 Å². The van der Waals surface area contributed by atoms with Crippen molar-refractivity contribution in [1.82, 2.24) is 4.98 Å². The number of carbonyl (C=O) groups is 1. The average molecular weight is 287 g/mol. The number of Topliss-reactive ketones (excluding diaryl/α,β-unsaturated/α-hetero) is 1. The number of ketones is 1. The molecule has 0 saturated heterocycles. The maximum atomic E-state index is 12.3. The standard InChI is InChI=1S/C13H12F3NOS/c1-12(19,7-11(18)13(14,15)16)10-6-8-4-2-3-5-9(8)17-10/h2-6,17,19H,7H2,1H3. The smallest absolute Gasteiger partial charge is 0.357 e. The van der Waals surface area contributed by atoms with Crippen molar-refractivity contribution in [2.75, 3.05) is 0 Å². The van der Waals surface area contributed by atoms with Crippen molar-refractivity contribution in [3.63, 3.8) is 0 Å². The Morgan fingerprint density at radius 2 is 1.95 bits per heavy atom. The van der Waals surface area contributed by atoms with Crippen LogP contribution in [0.1, 0.15) is 19.0 Å². The number of alkyl halides is 3. The van der Waals surface area contributed by atoms with Gasteiger partial charge in [0.05, 0.1) is 4.75 Å². The summed E-state index contributed by atoms with van der Waals surface area (Å²) in [5.41, 5.74) is 1.30. The molecule has 0 aliphatic carbocycles. The zero-order valence-corrected chi connectivity index (χ0v) is 11.0. The van der Waals surface area contributed by atoms with Gasteiger partial charge in [0, 0.05) is 17.6 Å². The summed E-state index contributed by atoms with van der Waals surface area (Å²) in [6, 6.07) is 9.01. The zero-order chi connectivity index (χ0) is 14.3. The SMILES string of the molecule is CC(S)(CC(=O)C(F)(F)F)c1cc2ccccc2[nH]1. The molecule has 102 valence electrons. The van der Waals surface area contributed by atoms with Crippen molar-refractivity contribution >= 4 is 29.3 Å². The highest BCUT2D eigenvalue weighted by Crippen LogP contribution is 2.35. The highest BCUT2D eigenvalue weighted by molar-refractivity contribution is 7.81. The fourth-order valence-corrected chi connectivity index (χ4v) is 2.14. The number of para-hydroxylation sites is 1. The van der Waals surface area contributed by atoms with Crippen LogP contribution in [0.4, 0.5) is 13.2 Å². The fraction of sp³-hybridized carbons (Fsp3) is 0.308. The maximum Gasteiger partial charge on any atom is 0.450 e. The van der Waals surface area contributed by atoms with E-state index in [9.17, 15) is 18.0 Å². The molecule has 1 atom stereocenters. The lowest BCUT2D eigenvalue weighted by atomic mass is 9.99. The van der Waals surface area contributed by atoms with Gasteiger partial charge in [0.25, 0.3) is 0 Å². The molecule has 2 aromatic rings. The Kier molecular flexibility index (Phi) is 3.38. The van der Waals surface area contributed by atoms with Crippen LogP contribution in [0.2, 0.25) is 0 Å². The summed E-state index contributed by atoms with van der Waals surface area (Å²) in [4.78, 5) is 14.1. The molecule has 0 bridgehead atoms. The molecule has 0 radical (unpaired) electrons. The van der Waals surface area contributed by atoms with Crippen LogP contribution < -0.4 is 0 Å². The van der Waals surface area contributed by atoms with Gasteiger partial charge in [-0.05, 0) is 24.4 Å². The molecule has 2 nitrogen and oxygen atoms in total. The molecule has 0 saturated carbocycles. The van der Waals surface area contributed by atoms with E-state index in [0.717, 1.165) is 10.9 Å². The second-order valence-electron chi connectivity index (χ2n) is 4.64. The molecule has 19 heavy (non-hydrogen) atoms. The number of hydrogen-bond acceptors (Lipinski definition) is 2. The molecule has 2 rings (SSSR count). The fourth-order valence-electron chi connectivity index (χ4n) is 1.87. The normalized spacial score (nSPS) is 15.4. The minimum atomic E-state index is -4.82. The largest absolute Gasteiger partial charge is 0.450 e. The number of benzene rings is 1. The van der Waals surface area contributed by atoms with E-state index in [1.54, 1.807) is 6.07 Å². The van der Waals surface area contributed by atoms with Gasteiger partial charge in [-0.3, -0.25) is 4.79 Å². The van der Waals surface area contributed by atoms with Crippen molar-refractivity contribution < 1.29 is 18.0 Å². The molecular weight excluding hydrogens is 275 g/mol. The highest BCUT2D eigenvalue weighted by Gasteiger charge is 2.42. The van der Waals surface area contributed by atoms with Gasteiger partial charge in [0.15, 0.2) is 0 Å². The van der Waals surface area contributed by atoms with Gasteiger partial charge >= 0.3 is 6.18 Å². The van der Waals surface area contributed by atoms with Crippen LogP contribution in [-0.4, -0.2) is 16.9 Å². The number of halogens is 3. The molecule has 0 amide bonds. The Balaban J connectivity index is 2.31. The Hall–Kier alpha value is -1.43. The number of fused-ring (bicyclic) bond motifs is 1. The Labute approximate surface area is 113 Å². The van der Waals surface area contributed by atoms with Crippen LogP contribution in [0.15, 0.2) is 30.3 Å². The van der Waals surface area contributed by atoms with E-state index in [-0.39, 0.29) is 0 Å². The first-order valence-corrected chi connectivity index (χ1v) is 6.05. The van der Waals surface area contributed by atoms with Crippen LogP contribution in [0, 0.1) is 0 Å². The molecular formula is C13H12F3NOS. The lowest BCUT2D eigenvalue weighted by molar-refractivity contribution is -0.171. The van der Waals surface area contributed by atoms with Gasteiger partial charge in [0.1, 0.15) is 0 Å². The first-order valence-electron chi connectivity index (χ1n) is 5.61. The van der Waals surface area contributed by atoms with Crippen molar-refractivity contribution in [3.8, 4) is 0 Å². The molecule has 6 heteroatoms. The summed E-state index contributed by atoms with van der Waals surface area (Å²) < 4.78 is 35.7. The molecule has 1 aromatic heterocycles. The third-order valence-corrected chi connectivity index (χ3v) is 3.33. The molecule has 0 aliphatic rings. The molecule has 1 unspecified atom stereocenters. The third-order valence-electron chi connectivity index (χ3n) is 2.93. The number of carbonyl (C=O) groups excluding carboxylic acids is 1. The summed E-state index contributed by atoms with van der Waals surface area (Å²) in [6.07, 6.45) is -5.53. The van der Waals surface area contributed by atoms with E-state index >= 15 is 0 Å². The number of hydrogen-bond donors (Lipinski definition) is 2. The first kappa shape index (κ1) is 14.0. The number of H-pyrrole nitrogens is 1. The predicted molar refractivity (Wildman–Crippen MR) is 70.3 cm³/mol. The van der Waals surface area contributed by atoms with Gasteiger partial charge in [-0.25, -0.2) is 0 Å². The van der Waals surface area contributed by atoms with E-state index in [0.29, 0.717) is 5.69 Å². The number of nitrogens with one attached hydrogen (secondary N) is 1. The van der Waals surface area contributed by atoms with E-state index in [4.69, 9.17) is 0 Å². The second-order valence-corrected chi connectivity index (χ2v) is 5.63. The summed E-state index contributed by atoms with van der Waals surface area (Å²) in [5, 5.41) is 0.872. The second kappa shape index (κ2) is 4.59.